The highest BCUT2D eigenvalue weighted by Gasteiger charge is 2.24. The summed E-state index contributed by atoms with van der Waals surface area (Å²) in [5.41, 5.74) is 0.698. The van der Waals surface area contributed by atoms with Crippen molar-refractivity contribution in [2.24, 2.45) is 7.05 Å². The second-order valence-corrected chi connectivity index (χ2v) is 8.59. The van der Waals surface area contributed by atoms with Gasteiger partial charge in [0, 0.05) is 46.1 Å². The Morgan fingerprint density at radius 1 is 1.09 bits per heavy atom. The minimum Gasteiger partial charge on any atom is -0.401 e. The van der Waals surface area contributed by atoms with Crippen LogP contribution in [-0.4, -0.2) is 79.1 Å². The standard InChI is InChI=1S/C19H24N6O6S/c1-24-9-8-16(23-24)18-21-22-19(31-18)20-17(26)14-4-6-15(7-5-14)32(27,28)25(10-12-29-2)11-13-30-3/h4-9H,10-13H2,1-3H3,(H,20,22,26). The summed E-state index contributed by atoms with van der Waals surface area (Å²) in [6.07, 6.45) is 1.72. The fourth-order valence-corrected chi connectivity index (χ4v) is 4.15. The minimum absolute atomic E-state index is 0.0523. The van der Waals surface area contributed by atoms with E-state index in [0.717, 1.165) is 0 Å². The first-order chi connectivity index (χ1) is 15.3. The number of sulfonamides is 1. The molecule has 0 aliphatic carbocycles. The maximum absolute atomic E-state index is 12.9. The average molecular weight is 465 g/mol. The van der Waals surface area contributed by atoms with Gasteiger partial charge in [-0.2, -0.15) is 9.40 Å². The molecule has 12 nitrogen and oxygen atoms in total. The number of nitrogens with zero attached hydrogens (tertiary/aromatic N) is 5. The van der Waals surface area contributed by atoms with Gasteiger partial charge in [-0.05, 0) is 30.3 Å². The van der Waals surface area contributed by atoms with E-state index in [4.69, 9.17) is 13.9 Å². The Labute approximate surface area is 185 Å². The maximum atomic E-state index is 12.9. The highest BCUT2D eigenvalue weighted by atomic mass is 32.2. The predicted octanol–water partition coefficient (Wildman–Crippen LogP) is 1.01. The van der Waals surface area contributed by atoms with Gasteiger partial charge in [0.2, 0.25) is 10.0 Å². The molecule has 1 aromatic carbocycles. The molecule has 0 spiro atoms. The number of carbonyl (C=O) groups excluding carboxylic acids is 1. The highest BCUT2D eigenvalue weighted by molar-refractivity contribution is 7.89. The van der Waals surface area contributed by atoms with Gasteiger partial charge in [-0.1, -0.05) is 5.10 Å². The van der Waals surface area contributed by atoms with E-state index in [-0.39, 0.29) is 48.7 Å². The summed E-state index contributed by atoms with van der Waals surface area (Å²) in [7, 11) is 0.965. The number of benzene rings is 1. The number of nitrogens with one attached hydrogen (secondary N) is 1. The molecule has 0 bridgehead atoms. The molecule has 0 radical (unpaired) electrons. The van der Waals surface area contributed by atoms with Crippen LogP contribution >= 0.6 is 0 Å². The molecule has 0 unspecified atom stereocenters. The number of anilines is 1. The Kier molecular flexibility index (Phi) is 7.69. The van der Waals surface area contributed by atoms with Crippen molar-refractivity contribution in [2.45, 2.75) is 4.90 Å². The third-order valence-electron chi connectivity index (χ3n) is 4.42. The zero-order chi connectivity index (χ0) is 23.1. The molecule has 0 saturated heterocycles. The number of hydrogen-bond donors (Lipinski definition) is 1. The molecule has 0 saturated carbocycles. The van der Waals surface area contributed by atoms with Crippen molar-refractivity contribution in [2.75, 3.05) is 45.8 Å². The van der Waals surface area contributed by atoms with Gasteiger partial charge < -0.3 is 13.9 Å². The fourth-order valence-electron chi connectivity index (χ4n) is 2.74. The van der Waals surface area contributed by atoms with E-state index in [9.17, 15) is 13.2 Å². The molecule has 3 rings (SSSR count). The minimum atomic E-state index is -3.78. The lowest BCUT2D eigenvalue weighted by Crippen LogP contribution is -2.36. The molecular weight excluding hydrogens is 440 g/mol. The normalized spacial score (nSPS) is 11.8. The molecule has 2 aromatic heterocycles. The van der Waals surface area contributed by atoms with Crippen molar-refractivity contribution in [3.8, 4) is 11.6 Å². The SMILES string of the molecule is COCCN(CCOC)S(=O)(=O)c1ccc(C(=O)Nc2nnc(-c3ccn(C)n3)o2)cc1. The fraction of sp³-hybridized carbons (Fsp3) is 0.368. The van der Waals surface area contributed by atoms with Crippen molar-refractivity contribution >= 4 is 21.9 Å². The molecule has 3 aromatic rings. The molecule has 2 heterocycles. The zero-order valence-corrected chi connectivity index (χ0v) is 18.7. The van der Waals surface area contributed by atoms with Crippen molar-refractivity contribution in [1.29, 1.82) is 0 Å². The third kappa shape index (κ3) is 5.56. The van der Waals surface area contributed by atoms with Gasteiger partial charge in [-0.15, -0.1) is 5.10 Å². The first-order valence-electron chi connectivity index (χ1n) is 9.58. The summed E-state index contributed by atoms with van der Waals surface area (Å²) >= 11 is 0. The summed E-state index contributed by atoms with van der Waals surface area (Å²) in [4.78, 5) is 12.5. The van der Waals surface area contributed by atoms with Crippen LogP contribution in [0, 0.1) is 0 Å². The van der Waals surface area contributed by atoms with E-state index in [1.54, 1.807) is 24.0 Å². The Morgan fingerprint density at radius 3 is 2.31 bits per heavy atom. The summed E-state index contributed by atoms with van der Waals surface area (Å²) < 4.78 is 44.1. The second kappa shape index (κ2) is 10.5. The average Bonchev–Trinajstić information content (AvgIpc) is 3.42. The van der Waals surface area contributed by atoms with E-state index < -0.39 is 15.9 Å². The predicted molar refractivity (Wildman–Crippen MR) is 113 cm³/mol. The van der Waals surface area contributed by atoms with Crippen LogP contribution in [0.15, 0.2) is 45.8 Å². The topological polar surface area (TPSA) is 142 Å². The zero-order valence-electron chi connectivity index (χ0n) is 17.9. The molecule has 172 valence electrons. The van der Waals surface area contributed by atoms with Crippen molar-refractivity contribution in [3.63, 3.8) is 0 Å². The van der Waals surface area contributed by atoms with Gasteiger partial charge in [0.1, 0.15) is 5.69 Å². The molecule has 0 aliphatic rings. The number of rotatable bonds is 11. The van der Waals surface area contributed by atoms with Crippen LogP contribution in [0.4, 0.5) is 6.01 Å². The van der Waals surface area contributed by atoms with Gasteiger partial charge in [0.15, 0.2) is 0 Å². The molecule has 0 aliphatic heterocycles. The van der Waals surface area contributed by atoms with Gasteiger partial charge in [-0.3, -0.25) is 14.8 Å². The van der Waals surface area contributed by atoms with E-state index in [0.29, 0.717) is 5.69 Å². The molecule has 1 N–H and O–H groups in total. The Bertz CT molecular complexity index is 1130. The number of amides is 1. The highest BCUT2D eigenvalue weighted by Crippen LogP contribution is 2.19. The Morgan fingerprint density at radius 2 is 1.75 bits per heavy atom. The van der Waals surface area contributed by atoms with Crippen LogP contribution < -0.4 is 5.32 Å². The summed E-state index contributed by atoms with van der Waals surface area (Å²) in [5, 5.41) is 14.3. The van der Waals surface area contributed by atoms with E-state index in [1.807, 2.05) is 0 Å². The first-order valence-corrected chi connectivity index (χ1v) is 11.0. The van der Waals surface area contributed by atoms with Crippen LogP contribution in [0.3, 0.4) is 0 Å². The van der Waals surface area contributed by atoms with E-state index in [2.05, 4.69) is 20.6 Å². The van der Waals surface area contributed by atoms with Gasteiger partial charge >= 0.3 is 6.01 Å². The quantitative estimate of drug-likeness (QED) is 0.440. The van der Waals surface area contributed by atoms with E-state index in [1.165, 1.54) is 42.8 Å². The maximum Gasteiger partial charge on any atom is 0.322 e. The molecule has 0 fully saturated rings. The Balaban J connectivity index is 1.70. The number of hydrogen-bond acceptors (Lipinski definition) is 9. The smallest absolute Gasteiger partial charge is 0.322 e. The lowest BCUT2D eigenvalue weighted by molar-refractivity contribution is 0.102. The van der Waals surface area contributed by atoms with Crippen LogP contribution in [0.5, 0.6) is 0 Å². The second-order valence-electron chi connectivity index (χ2n) is 6.66. The molecule has 0 atom stereocenters. The first kappa shape index (κ1) is 23.5. The van der Waals surface area contributed by atoms with Gasteiger partial charge in [-0.25, -0.2) is 8.42 Å². The van der Waals surface area contributed by atoms with Crippen LogP contribution in [0.25, 0.3) is 11.6 Å². The van der Waals surface area contributed by atoms with Crippen molar-refractivity contribution in [3.05, 3.63) is 42.1 Å². The monoisotopic (exact) mass is 464 g/mol. The lowest BCUT2D eigenvalue weighted by atomic mass is 10.2. The number of ether oxygens (including phenoxy) is 2. The summed E-state index contributed by atoms with van der Waals surface area (Å²) in [6.45, 7) is 0.850. The van der Waals surface area contributed by atoms with Crippen molar-refractivity contribution in [1.82, 2.24) is 24.3 Å². The largest absolute Gasteiger partial charge is 0.401 e. The summed E-state index contributed by atoms with van der Waals surface area (Å²) in [6, 6.07) is 7.14. The molecular formula is C19H24N6O6S. The van der Waals surface area contributed by atoms with Crippen LogP contribution in [-0.2, 0) is 26.5 Å². The summed E-state index contributed by atoms with van der Waals surface area (Å²) in [5.74, 6) is -0.365. The van der Waals surface area contributed by atoms with Crippen LogP contribution in [0.2, 0.25) is 0 Å². The number of carbonyl (C=O) groups is 1. The van der Waals surface area contributed by atoms with Crippen molar-refractivity contribution < 1.29 is 27.1 Å². The van der Waals surface area contributed by atoms with Gasteiger partial charge in [0.05, 0.1) is 18.1 Å². The molecule has 13 heteroatoms. The molecule has 32 heavy (non-hydrogen) atoms. The lowest BCUT2D eigenvalue weighted by Gasteiger charge is -2.21. The third-order valence-corrected chi connectivity index (χ3v) is 6.33. The van der Waals surface area contributed by atoms with E-state index >= 15 is 0 Å². The number of aromatic nitrogens is 4. The van der Waals surface area contributed by atoms with Gasteiger partial charge in [0.25, 0.3) is 11.8 Å². The molecule has 1 amide bonds. The number of aryl methyl sites for hydroxylation is 1. The Hall–Kier alpha value is -3.13. The van der Waals surface area contributed by atoms with Crippen LogP contribution in [0.1, 0.15) is 10.4 Å². The number of methoxy groups -OCH3 is 2.